The van der Waals surface area contributed by atoms with Gasteiger partial charge in [0.15, 0.2) is 11.6 Å². The standard InChI is InChI=1S/C32H28F4S6/c1-7-31(5,25-11-17(33)29(35)41-25)23-9-15(3)27(39-23)21-13-19-20(37-21)14-22(38-19)28-16(4)10-24(40-28)32(6,8-2)26-12-18(34)30(36)42-26/h9-14H,7-8H2,1-6H3. The molecule has 0 aromatic carbocycles. The average Bonchev–Trinajstić information content (AvgIpc) is 3.79. The van der Waals surface area contributed by atoms with Gasteiger partial charge in [0.2, 0.25) is 10.3 Å². The molecule has 6 aromatic rings. The quantitative estimate of drug-likeness (QED) is 0.140. The van der Waals surface area contributed by atoms with Crippen LogP contribution in [0.2, 0.25) is 0 Å². The molecule has 0 saturated carbocycles. The van der Waals surface area contributed by atoms with Crippen molar-refractivity contribution in [1.82, 2.24) is 0 Å². The first-order chi connectivity index (χ1) is 19.9. The fourth-order valence-electron chi connectivity index (χ4n) is 5.23. The van der Waals surface area contributed by atoms with Gasteiger partial charge in [-0.1, -0.05) is 13.8 Å². The fraction of sp³-hybridized carbons (Fsp3) is 0.312. The SMILES string of the molecule is CCC(C)(c1cc(F)c(F)s1)c1cc(C)c(-c2cc3sc(-c4sc(C(C)(CC)c5cc(F)c(F)s5)cc4C)cc3s2)s1. The molecule has 0 aliphatic carbocycles. The molecular formula is C32H28F4S6. The third-order valence-corrected chi connectivity index (χ3v) is 16.4. The first-order valence-electron chi connectivity index (χ1n) is 13.5. The summed E-state index contributed by atoms with van der Waals surface area (Å²) in [5, 5.41) is -1.51. The van der Waals surface area contributed by atoms with Crippen LogP contribution in [-0.2, 0) is 10.8 Å². The van der Waals surface area contributed by atoms with Crippen molar-refractivity contribution in [3.05, 3.63) is 88.9 Å². The zero-order chi connectivity index (χ0) is 30.1. The lowest BCUT2D eigenvalue weighted by Crippen LogP contribution is -2.19. The molecule has 0 N–H and O–H groups in total. The Morgan fingerprint density at radius 2 is 0.881 bits per heavy atom. The molecule has 0 aliphatic rings. The highest BCUT2D eigenvalue weighted by Gasteiger charge is 2.34. The van der Waals surface area contributed by atoms with Crippen LogP contribution in [0.3, 0.4) is 0 Å². The van der Waals surface area contributed by atoms with E-state index in [1.165, 1.54) is 52.2 Å². The molecule has 6 rings (SSSR count). The Morgan fingerprint density at radius 1 is 0.524 bits per heavy atom. The number of hydrogen-bond donors (Lipinski definition) is 0. The molecule has 0 nitrogen and oxygen atoms in total. The summed E-state index contributed by atoms with van der Waals surface area (Å²) in [7, 11) is 0. The summed E-state index contributed by atoms with van der Waals surface area (Å²) >= 11 is 8.75. The number of fused-ring (bicyclic) bond motifs is 1. The Morgan fingerprint density at radius 3 is 1.19 bits per heavy atom. The summed E-state index contributed by atoms with van der Waals surface area (Å²) in [5.41, 5.74) is 1.43. The number of aryl methyl sites for hydroxylation is 2. The molecule has 0 saturated heterocycles. The van der Waals surface area contributed by atoms with Gasteiger partial charge in [-0.15, -0.1) is 68.0 Å². The normalized spacial score (nSPS) is 15.0. The second-order valence-electron chi connectivity index (χ2n) is 11.0. The summed E-state index contributed by atoms with van der Waals surface area (Å²) in [6.45, 7) is 12.5. The average molecular weight is 681 g/mol. The van der Waals surface area contributed by atoms with E-state index in [1.807, 2.05) is 0 Å². The molecule has 2 unspecified atom stereocenters. The first-order valence-corrected chi connectivity index (χ1v) is 18.4. The summed E-state index contributed by atoms with van der Waals surface area (Å²) < 4.78 is 58.1. The lowest BCUT2D eigenvalue weighted by molar-refractivity contribution is 0.527. The topological polar surface area (TPSA) is 0 Å². The maximum atomic E-state index is 13.9. The van der Waals surface area contributed by atoms with E-state index < -0.39 is 32.7 Å². The van der Waals surface area contributed by atoms with Crippen LogP contribution < -0.4 is 0 Å². The van der Waals surface area contributed by atoms with E-state index in [0.29, 0.717) is 9.75 Å². The highest BCUT2D eigenvalue weighted by molar-refractivity contribution is 7.33. The zero-order valence-corrected chi connectivity index (χ0v) is 28.7. The van der Waals surface area contributed by atoms with E-state index in [0.717, 1.165) is 45.3 Å². The third kappa shape index (κ3) is 4.86. The minimum absolute atomic E-state index is 0.451. The Labute approximate surface area is 266 Å². The highest BCUT2D eigenvalue weighted by Crippen LogP contribution is 2.51. The maximum Gasteiger partial charge on any atom is 0.212 e. The van der Waals surface area contributed by atoms with E-state index in [4.69, 9.17) is 0 Å². The van der Waals surface area contributed by atoms with Gasteiger partial charge in [-0.3, -0.25) is 0 Å². The zero-order valence-electron chi connectivity index (χ0n) is 23.8. The molecular weight excluding hydrogens is 653 g/mol. The molecule has 0 amide bonds. The smallest absolute Gasteiger partial charge is 0.203 e. The Hall–Kier alpha value is -1.82. The number of thiophene rings is 6. The van der Waals surface area contributed by atoms with E-state index in [1.54, 1.807) is 45.3 Å². The Balaban J connectivity index is 1.33. The second kappa shape index (κ2) is 11.0. The number of hydrogen-bond acceptors (Lipinski definition) is 6. The molecule has 0 bridgehead atoms. The number of halogens is 4. The minimum atomic E-state index is -0.779. The van der Waals surface area contributed by atoms with Crippen molar-refractivity contribution >= 4 is 77.4 Å². The minimum Gasteiger partial charge on any atom is -0.203 e. The maximum absolute atomic E-state index is 13.9. The van der Waals surface area contributed by atoms with E-state index in [-0.39, 0.29) is 0 Å². The van der Waals surface area contributed by atoms with E-state index in [9.17, 15) is 17.6 Å². The molecule has 220 valence electrons. The molecule has 42 heavy (non-hydrogen) atoms. The molecule has 6 aromatic heterocycles. The van der Waals surface area contributed by atoms with Gasteiger partial charge in [0, 0.05) is 59.2 Å². The van der Waals surface area contributed by atoms with Crippen LogP contribution in [0.4, 0.5) is 17.6 Å². The van der Waals surface area contributed by atoms with E-state index in [2.05, 4.69) is 65.8 Å². The van der Waals surface area contributed by atoms with Gasteiger partial charge in [-0.25, -0.2) is 8.78 Å². The van der Waals surface area contributed by atoms with Crippen molar-refractivity contribution in [2.24, 2.45) is 0 Å². The van der Waals surface area contributed by atoms with Crippen LogP contribution in [-0.4, -0.2) is 0 Å². The summed E-state index contributed by atoms with van der Waals surface area (Å²) in [6, 6.07) is 11.5. The largest absolute Gasteiger partial charge is 0.212 e. The van der Waals surface area contributed by atoms with Gasteiger partial charge < -0.3 is 0 Å². The van der Waals surface area contributed by atoms with Gasteiger partial charge in [0.25, 0.3) is 0 Å². The van der Waals surface area contributed by atoms with Crippen LogP contribution in [0.1, 0.15) is 71.2 Å². The second-order valence-corrected chi connectivity index (χ2v) is 17.3. The van der Waals surface area contributed by atoms with Crippen molar-refractivity contribution < 1.29 is 17.6 Å². The van der Waals surface area contributed by atoms with E-state index >= 15 is 0 Å². The number of rotatable bonds is 8. The summed E-state index contributed by atoms with van der Waals surface area (Å²) in [5.74, 6) is -1.56. The summed E-state index contributed by atoms with van der Waals surface area (Å²) in [6.07, 6.45) is 1.48. The van der Waals surface area contributed by atoms with Gasteiger partial charge in [-0.05, 0) is 88.1 Å². The van der Waals surface area contributed by atoms with Crippen molar-refractivity contribution in [2.45, 2.75) is 65.2 Å². The summed E-state index contributed by atoms with van der Waals surface area (Å²) in [4.78, 5) is 8.43. The molecule has 0 aliphatic heterocycles. The Bertz CT molecular complexity index is 1720. The molecule has 6 heterocycles. The Kier molecular flexibility index (Phi) is 7.89. The lowest BCUT2D eigenvalue weighted by Gasteiger charge is -2.25. The lowest BCUT2D eigenvalue weighted by atomic mass is 9.84. The van der Waals surface area contributed by atoms with Gasteiger partial charge >= 0.3 is 0 Å². The molecule has 0 radical (unpaired) electrons. The molecule has 10 heteroatoms. The van der Waals surface area contributed by atoms with Gasteiger partial charge in [-0.2, -0.15) is 8.78 Å². The van der Waals surface area contributed by atoms with Crippen LogP contribution in [0.15, 0.2) is 36.4 Å². The highest BCUT2D eigenvalue weighted by atomic mass is 32.1. The van der Waals surface area contributed by atoms with Gasteiger partial charge in [0.05, 0.1) is 0 Å². The van der Waals surface area contributed by atoms with Gasteiger partial charge in [0.1, 0.15) is 0 Å². The van der Waals surface area contributed by atoms with Crippen LogP contribution in [0.25, 0.3) is 28.9 Å². The predicted molar refractivity (Wildman–Crippen MR) is 178 cm³/mol. The van der Waals surface area contributed by atoms with Crippen molar-refractivity contribution in [3.8, 4) is 19.5 Å². The van der Waals surface area contributed by atoms with Crippen LogP contribution in [0, 0.1) is 35.7 Å². The van der Waals surface area contributed by atoms with Crippen LogP contribution in [0.5, 0.6) is 0 Å². The van der Waals surface area contributed by atoms with Crippen molar-refractivity contribution in [2.75, 3.05) is 0 Å². The van der Waals surface area contributed by atoms with Crippen LogP contribution >= 0.6 is 68.0 Å². The third-order valence-electron chi connectivity index (χ3n) is 8.37. The molecule has 0 spiro atoms. The predicted octanol–water partition coefficient (Wildman–Crippen LogP) is 13.1. The molecule has 2 atom stereocenters. The molecule has 0 fully saturated rings. The monoisotopic (exact) mass is 680 g/mol. The first kappa shape index (κ1) is 30.2. The van der Waals surface area contributed by atoms with Crippen molar-refractivity contribution in [3.63, 3.8) is 0 Å². The fourth-order valence-corrected chi connectivity index (χ4v) is 12.9. The van der Waals surface area contributed by atoms with Crippen molar-refractivity contribution in [1.29, 1.82) is 0 Å².